The van der Waals surface area contributed by atoms with Crippen LogP contribution in [-0.2, 0) is 0 Å². The van der Waals surface area contributed by atoms with Crippen molar-refractivity contribution in [2.24, 2.45) is 4.99 Å². The van der Waals surface area contributed by atoms with Gasteiger partial charge in [0.25, 0.3) is 0 Å². The average molecular weight is 415 g/mol. The first kappa shape index (κ1) is 17.5. The number of benzene rings is 1. The molecule has 0 radical (unpaired) electrons. The van der Waals surface area contributed by atoms with Crippen molar-refractivity contribution in [1.29, 1.82) is 10.5 Å². The second-order valence-corrected chi connectivity index (χ2v) is 6.38. The van der Waals surface area contributed by atoms with Crippen LogP contribution in [0.1, 0.15) is 28.3 Å². The van der Waals surface area contributed by atoms with E-state index in [2.05, 4.69) is 36.5 Å². The number of halogens is 2. The molecule has 6 N–H and O–H groups in total. The summed E-state index contributed by atoms with van der Waals surface area (Å²) in [5.41, 5.74) is 13.6. The van der Waals surface area contributed by atoms with Gasteiger partial charge in [0.15, 0.2) is 6.19 Å². The standard InChI is InChI=1S/C16H12BrFN8/c1-6-2-7(9(17)3-10(6)18)13-11-12(21)8(4-19)14(22)25-15(11)26-16(24-13)23-5-20/h2-3,13H,1H3,(H6,21,22,23,24,25,26). The normalized spacial score (nSPS) is 15.1. The molecule has 10 heteroatoms. The van der Waals surface area contributed by atoms with E-state index < -0.39 is 6.04 Å². The first-order valence-corrected chi connectivity index (χ1v) is 8.11. The summed E-state index contributed by atoms with van der Waals surface area (Å²) in [5.74, 6) is -0.0154. The molecule has 130 valence electrons. The number of fused-ring (bicyclic) bond motifs is 1. The Kier molecular flexibility index (Phi) is 4.36. The second-order valence-electron chi connectivity index (χ2n) is 5.52. The number of nitrogen functional groups attached to an aromatic ring is 2. The molecule has 1 aliphatic rings. The monoisotopic (exact) mass is 414 g/mol. The zero-order valence-corrected chi connectivity index (χ0v) is 15.0. The minimum absolute atomic E-state index is 0.0393. The van der Waals surface area contributed by atoms with Gasteiger partial charge >= 0.3 is 0 Å². The van der Waals surface area contributed by atoms with Gasteiger partial charge in [-0.3, -0.25) is 5.32 Å². The van der Waals surface area contributed by atoms with Crippen molar-refractivity contribution in [2.45, 2.75) is 13.0 Å². The van der Waals surface area contributed by atoms with E-state index in [1.807, 2.05) is 6.07 Å². The first-order valence-electron chi connectivity index (χ1n) is 7.31. The summed E-state index contributed by atoms with van der Waals surface area (Å²) in [6.07, 6.45) is 1.77. The Hall–Kier alpha value is -3.37. The van der Waals surface area contributed by atoms with Crippen molar-refractivity contribution >= 4 is 39.2 Å². The molecule has 0 saturated carbocycles. The van der Waals surface area contributed by atoms with E-state index in [0.717, 1.165) is 0 Å². The SMILES string of the molecule is Cc1cc(C2N=C(NC#N)Nc3nc(N)c(C#N)c(N)c32)c(Br)cc1F. The third-order valence-corrected chi connectivity index (χ3v) is 4.62. The molecule has 8 nitrogen and oxygen atoms in total. The van der Waals surface area contributed by atoms with Gasteiger partial charge < -0.3 is 16.8 Å². The minimum atomic E-state index is -0.726. The Labute approximate surface area is 156 Å². The summed E-state index contributed by atoms with van der Waals surface area (Å²) in [6.45, 7) is 1.62. The van der Waals surface area contributed by atoms with Gasteiger partial charge in [-0.2, -0.15) is 10.5 Å². The summed E-state index contributed by atoms with van der Waals surface area (Å²) < 4.78 is 14.3. The van der Waals surface area contributed by atoms with Crippen molar-refractivity contribution in [3.05, 3.63) is 44.7 Å². The second kappa shape index (κ2) is 6.50. The number of guanidine groups is 1. The fourth-order valence-corrected chi connectivity index (χ4v) is 3.23. The number of nitriles is 2. The molecule has 0 saturated heterocycles. The van der Waals surface area contributed by atoms with Crippen LogP contribution in [0.2, 0.25) is 0 Å². The smallest absolute Gasteiger partial charge is 0.211 e. The molecule has 0 spiro atoms. The molecule has 1 aliphatic heterocycles. The molecule has 2 heterocycles. The third-order valence-electron chi connectivity index (χ3n) is 3.93. The lowest BCUT2D eigenvalue weighted by molar-refractivity contribution is 0.615. The summed E-state index contributed by atoms with van der Waals surface area (Å²) in [5, 5.41) is 23.4. The number of nitrogens with one attached hydrogen (secondary N) is 2. The van der Waals surface area contributed by atoms with Crippen LogP contribution in [-0.4, -0.2) is 10.9 Å². The van der Waals surface area contributed by atoms with Gasteiger partial charge in [-0.05, 0) is 30.2 Å². The molecule has 0 amide bonds. The van der Waals surface area contributed by atoms with Crippen molar-refractivity contribution in [1.82, 2.24) is 10.3 Å². The Morgan fingerprint density at radius 3 is 2.73 bits per heavy atom. The summed E-state index contributed by atoms with van der Waals surface area (Å²) in [4.78, 5) is 8.60. The number of nitrogens with zero attached hydrogens (tertiary/aromatic N) is 4. The molecule has 1 unspecified atom stereocenters. The van der Waals surface area contributed by atoms with E-state index in [0.29, 0.717) is 21.2 Å². The zero-order chi connectivity index (χ0) is 19.0. The van der Waals surface area contributed by atoms with Gasteiger partial charge in [-0.1, -0.05) is 15.9 Å². The van der Waals surface area contributed by atoms with Crippen LogP contribution in [0.4, 0.5) is 21.7 Å². The van der Waals surface area contributed by atoms with Crippen molar-refractivity contribution in [3.8, 4) is 12.3 Å². The maximum Gasteiger partial charge on any atom is 0.211 e. The predicted molar refractivity (Wildman–Crippen MR) is 98.3 cm³/mol. The summed E-state index contributed by atoms with van der Waals surface area (Å²) >= 11 is 3.34. The van der Waals surface area contributed by atoms with Crippen LogP contribution < -0.4 is 22.1 Å². The number of aryl methyl sites for hydroxylation is 1. The Bertz CT molecular complexity index is 1030. The topological polar surface area (TPSA) is 149 Å². The number of pyridine rings is 1. The van der Waals surface area contributed by atoms with Crippen molar-refractivity contribution < 1.29 is 4.39 Å². The highest BCUT2D eigenvalue weighted by molar-refractivity contribution is 9.10. The van der Waals surface area contributed by atoms with E-state index in [1.165, 1.54) is 6.07 Å². The van der Waals surface area contributed by atoms with Gasteiger partial charge in [-0.15, -0.1) is 0 Å². The number of aliphatic imine (C=N–C) groups is 1. The number of anilines is 3. The molecule has 0 aliphatic carbocycles. The van der Waals surface area contributed by atoms with Crippen LogP contribution >= 0.6 is 15.9 Å². The zero-order valence-electron chi connectivity index (χ0n) is 13.4. The quantitative estimate of drug-likeness (QED) is 0.412. The molecule has 26 heavy (non-hydrogen) atoms. The number of rotatable bonds is 1. The lowest BCUT2D eigenvalue weighted by Crippen LogP contribution is -2.33. The lowest BCUT2D eigenvalue weighted by atomic mass is 9.94. The highest BCUT2D eigenvalue weighted by atomic mass is 79.9. The molecular weight excluding hydrogens is 403 g/mol. The predicted octanol–water partition coefficient (Wildman–Crippen LogP) is 2.27. The van der Waals surface area contributed by atoms with E-state index in [4.69, 9.17) is 16.7 Å². The van der Waals surface area contributed by atoms with E-state index >= 15 is 0 Å². The minimum Gasteiger partial charge on any atom is -0.397 e. The summed E-state index contributed by atoms with van der Waals surface area (Å²) in [7, 11) is 0. The van der Waals surface area contributed by atoms with Crippen LogP contribution in [0.15, 0.2) is 21.6 Å². The van der Waals surface area contributed by atoms with Gasteiger partial charge in [0.1, 0.15) is 35.1 Å². The van der Waals surface area contributed by atoms with Crippen molar-refractivity contribution in [3.63, 3.8) is 0 Å². The first-order chi connectivity index (χ1) is 12.4. The van der Waals surface area contributed by atoms with Gasteiger partial charge in [0.05, 0.1) is 5.69 Å². The highest BCUT2D eigenvalue weighted by Crippen LogP contribution is 2.42. The largest absolute Gasteiger partial charge is 0.397 e. The third kappa shape index (κ3) is 2.76. The van der Waals surface area contributed by atoms with Gasteiger partial charge in [-0.25, -0.2) is 14.4 Å². The Morgan fingerprint density at radius 2 is 2.08 bits per heavy atom. The highest BCUT2D eigenvalue weighted by Gasteiger charge is 2.31. The number of aromatic nitrogens is 1. The van der Waals surface area contributed by atoms with Crippen LogP contribution in [0, 0.1) is 35.5 Å². The van der Waals surface area contributed by atoms with Crippen LogP contribution in [0.5, 0.6) is 0 Å². The van der Waals surface area contributed by atoms with Gasteiger partial charge in [0.2, 0.25) is 5.96 Å². The van der Waals surface area contributed by atoms with E-state index in [-0.39, 0.29) is 34.7 Å². The van der Waals surface area contributed by atoms with Crippen molar-refractivity contribution in [2.75, 3.05) is 16.8 Å². The Balaban J connectivity index is 2.30. The number of hydrogen-bond donors (Lipinski definition) is 4. The molecule has 0 bridgehead atoms. The molecule has 1 aromatic carbocycles. The molecule has 3 rings (SSSR count). The average Bonchev–Trinajstić information content (AvgIpc) is 2.58. The number of nitrogens with two attached hydrogens (primary N) is 2. The van der Waals surface area contributed by atoms with E-state index in [1.54, 1.807) is 19.2 Å². The van der Waals surface area contributed by atoms with Crippen LogP contribution in [0.3, 0.4) is 0 Å². The fraction of sp³-hybridized carbons (Fsp3) is 0.125. The molecule has 1 aromatic heterocycles. The lowest BCUT2D eigenvalue weighted by Gasteiger charge is -2.27. The van der Waals surface area contributed by atoms with E-state index in [9.17, 15) is 9.65 Å². The van der Waals surface area contributed by atoms with Crippen LogP contribution in [0.25, 0.3) is 0 Å². The molecular formula is C16H12BrFN8. The summed E-state index contributed by atoms with van der Waals surface area (Å²) in [6, 6.07) is 4.15. The molecule has 2 aromatic rings. The maximum atomic E-state index is 13.8. The van der Waals surface area contributed by atoms with Gasteiger partial charge in [0, 0.05) is 10.0 Å². The Morgan fingerprint density at radius 1 is 1.35 bits per heavy atom. The maximum absolute atomic E-state index is 13.8. The number of hydrogen-bond acceptors (Lipinski definition) is 8. The molecule has 1 atom stereocenters. The molecule has 0 fully saturated rings. The fourth-order valence-electron chi connectivity index (χ4n) is 2.70.